The van der Waals surface area contributed by atoms with Gasteiger partial charge < -0.3 is 11.5 Å². The van der Waals surface area contributed by atoms with E-state index in [9.17, 15) is 0 Å². The van der Waals surface area contributed by atoms with Crippen molar-refractivity contribution in [1.29, 1.82) is 0 Å². The lowest BCUT2D eigenvalue weighted by atomic mass is 9.98. The lowest BCUT2D eigenvalue weighted by Gasteiger charge is -2.16. The number of nitrogen functional groups attached to an aromatic ring is 2. The number of hydrogen-bond acceptors (Lipinski definition) is 5. The number of nitrogens with zero attached hydrogens (tertiary/aromatic N) is 4. The molecule has 1 aromatic heterocycles. The minimum absolute atomic E-state index is 0.612. The Hall–Kier alpha value is -2.11. The average Bonchev–Trinajstić information content (AvgIpc) is 3.01. The number of rotatable bonds is 3. The minimum atomic E-state index is 0.612. The number of nitrogens with two attached hydrogens (primary N) is 2. The maximum absolute atomic E-state index is 6.03. The van der Waals surface area contributed by atoms with Gasteiger partial charge in [-0.25, -0.2) is 4.68 Å². The molecule has 106 valence electrons. The van der Waals surface area contributed by atoms with Gasteiger partial charge in [0.1, 0.15) is 0 Å². The van der Waals surface area contributed by atoms with Crippen LogP contribution < -0.4 is 11.5 Å². The Balaban J connectivity index is 1.89. The molecule has 6 nitrogen and oxygen atoms in total. The van der Waals surface area contributed by atoms with Crippen molar-refractivity contribution in [2.45, 2.75) is 32.7 Å². The third kappa shape index (κ3) is 2.33. The van der Waals surface area contributed by atoms with Gasteiger partial charge in [-0.1, -0.05) is 19.8 Å². The molecule has 2 atom stereocenters. The summed E-state index contributed by atoms with van der Waals surface area (Å²) in [5.41, 5.74) is 13.9. The van der Waals surface area contributed by atoms with Crippen LogP contribution in [0.25, 0.3) is 11.4 Å². The number of tetrazole rings is 1. The molecule has 2 unspecified atom stereocenters. The molecule has 2 aromatic rings. The van der Waals surface area contributed by atoms with Crippen molar-refractivity contribution in [2.24, 2.45) is 11.8 Å². The summed E-state index contributed by atoms with van der Waals surface area (Å²) in [6.07, 6.45) is 3.84. The first-order valence-corrected chi connectivity index (χ1v) is 7.06. The SMILES string of the molecule is CC1CCCC1Cn1nnnc1-c1ccc(N)cc1N. The maximum atomic E-state index is 6.03. The van der Waals surface area contributed by atoms with Crippen molar-refractivity contribution < 1.29 is 0 Å². The van der Waals surface area contributed by atoms with Gasteiger partial charge in [0.25, 0.3) is 0 Å². The number of anilines is 2. The molecule has 4 N–H and O–H groups in total. The maximum Gasteiger partial charge on any atom is 0.184 e. The van der Waals surface area contributed by atoms with Crippen molar-refractivity contribution in [3.8, 4) is 11.4 Å². The molecular weight excluding hydrogens is 252 g/mol. The molecule has 1 aromatic carbocycles. The summed E-state index contributed by atoms with van der Waals surface area (Å²) in [5, 5.41) is 12.1. The van der Waals surface area contributed by atoms with Crippen LogP contribution in [0.3, 0.4) is 0 Å². The van der Waals surface area contributed by atoms with E-state index >= 15 is 0 Å². The predicted molar refractivity (Wildman–Crippen MR) is 78.6 cm³/mol. The third-order valence-electron chi connectivity index (χ3n) is 4.29. The first-order valence-electron chi connectivity index (χ1n) is 7.06. The van der Waals surface area contributed by atoms with Crippen LogP contribution in [0.1, 0.15) is 26.2 Å². The van der Waals surface area contributed by atoms with Gasteiger partial charge in [0, 0.05) is 23.5 Å². The third-order valence-corrected chi connectivity index (χ3v) is 4.29. The standard InChI is InChI=1S/C14H20N6/c1-9-3-2-4-10(9)8-20-14(17-18-19-20)12-6-5-11(15)7-13(12)16/h5-7,9-10H,2-4,8,15-16H2,1H3. The van der Waals surface area contributed by atoms with E-state index in [-0.39, 0.29) is 0 Å². The zero-order valence-electron chi connectivity index (χ0n) is 11.7. The van der Waals surface area contributed by atoms with Crippen LogP contribution in [0.5, 0.6) is 0 Å². The molecule has 1 fully saturated rings. The van der Waals surface area contributed by atoms with Crippen LogP contribution in [0.4, 0.5) is 11.4 Å². The van der Waals surface area contributed by atoms with E-state index in [0.717, 1.165) is 23.9 Å². The van der Waals surface area contributed by atoms with Gasteiger partial charge in [-0.05, 0) is 46.9 Å². The van der Waals surface area contributed by atoms with Gasteiger partial charge in [0.15, 0.2) is 5.82 Å². The Kier molecular flexibility index (Phi) is 3.30. The van der Waals surface area contributed by atoms with Crippen LogP contribution in [0, 0.1) is 11.8 Å². The molecule has 0 bridgehead atoms. The molecule has 0 spiro atoms. The van der Waals surface area contributed by atoms with Crippen molar-refractivity contribution in [2.75, 3.05) is 11.5 Å². The lowest BCUT2D eigenvalue weighted by Crippen LogP contribution is -2.15. The summed E-state index contributed by atoms with van der Waals surface area (Å²) < 4.78 is 1.87. The molecule has 1 aliphatic rings. The smallest absolute Gasteiger partial charge is 0.184 e. The molecule has 3 rings (SSSR count). The normalized spacial score (nSPS) is 22.2. The molecule has 0 aliphatic heterocycles. The molecule has 1 heterocycles. The molecule has 0 radical (unpaired) electrons. The number of aromatic nitrogens is 4. The Labute approximate surface area is 118 Å². The summed E-state index contributed by atoms with van der Waals surface area (Å²) in [6, 6.07) is 5.44. The monoisotopic (exact) mass is 272 g/mol. The topological polar surface area (TPSA) is 95.6 Å². The highest BCUT2D eigenvalue weighted by Gasteiger charge is 2.25. The van der Waals surface area contributed by atoms with E-state index in [1.54, 1.807) is 6.07 Å². The van der Waals surface area contributed by atoms with Gasteiger partial charge in [0.2, 0.25) is 0 Å². The van der Waals surface area contributed by atoms with E-state index in [0.29, 0.717) is 17.3 Å². The Morgan fingerprint density at radius 3 is 2.85 bits per heavy atom. The Morgan fingerprint density at radius 2 is 2.15 bits per heavy atom. The van der Waals surface area contributed by atoms with E-state index in [2.05, 4.69) is 22.4 Å². The fraction of sp³-hybridized carbons (Fsp3) is 0.500. The van der Waals surface area contributed by atoms with Crippen molar-refractivity contribution in [1.82, 2.24) is 20.2 Å². The summed E-state index contributed by atoms with van der Waals surface area (Å²) in [5.74, 6) is 2.10. The number of benzene rings is 1. The van der Waals surface area contributed by atoms with Crippen LogP contribution >= 0.6 is 0 Å². The first kappa shape index (κ1) is 12.9. The summed E-state index contributed by atoms with van der Waals surface area (Å²) >= 11 is 0. The van der Waals surface area contributed by atoms with Gasteiger partial charge in [-0.3, -0.25) is 0 Å². The molecule has 1 saturated carbocycles. The molecule has 20 heavy (non-hydrogen) atoms. The fourth-order valence-corrected chi connectivity index (χ4v) is 3.02. The zero-order valence-corrected chi connectivity index (χ0v) is 11.7. The highest BCUT2D eigenvalue weighted by atomic mass is 15.5. The van der Waals surface area contributed by atoms with Crippen LogP contribution in [-0.4, -0.2) is 20.2 Å². The zero-order chi connectivity index (χ0) is 14.1. The molecule has 1 aliphatic carbocycles. The highest BCUT2D eigenvalue weighted by molar-refractivity contribution is 5.74. The van der Waals surface area contributed by atoms with Crippen LogP contribution in [0.2, 0.25) is 0 Å². The molecule has 0 saturated heterocycles. The molecule has 0 amide bonds. The van der Waals surface area contributed by atoms with Crippen LogP contribution in [-0.2, 0) is 6.54 Å². The summed E-state index contributed by atoms with van der Waals surface area (Å²) in [7, 11) is 0. The van der Waals surface area contributed by atoms with Crippen molar-refractivity contribution in [3.05, 3.63) is 18.2 Å². The second-order valence-corrected chi connectivity index (χ2v) is 5.70. The average molecular weight is 272 g/mol. The highest BCUT2D eigenvalue weighted by Crippen LogP contribution is 2.33. The van der Waals surface area contributed by atoms with Gasteiger partial charge in [0.05, 0.1) is 0 Å². The predicted octanol–water partition coefficient (Wildman–Crippen LogP) is 1.94. The second kappa shape index (κ2) is 5.11. The van der Waals surface area contributed by atoms with E-state index in [1.807, 2.05) is 16.8 Å². The molecule has 6 heteroatoms. The fourth-order valence-electron chi connectivity index (χ4n) is 3.02. The van der Waals surface area contributed by atoms with Gasteiger partial charge in [-0.15, -0.1) is 5.10 Å². The van der Waals surface area contributed by atoms with E-state index in [1.165, 1.54) is 19.3 Å². The van der Waals surface area contributed by atoms with Crippen LogP contribution in [0.15, 0.2) is 18.2 Å². The largest absolute Gasteiger partial charge is 0.399 e. The summed E-state index contributed by atoms with van der Waals surface area (Å²) in [4.78, 5) is 0. The van der Waals surface area contributed by atoms with Gasteiger partial charge in [-0.2, -0.15) is 0 Å². The Morgan fingerprint density at radius 1 is 1.30 bits per heavy atom. The quantitative estimate of drug-likeness (QED) is 0.832. The number of hydrogen-bond donors (Lipinski definition) is 2. The molecular formula is C14H20N6. The minimum Gasteiger partial charge on any atom is -0.399 e. The lowest BCUT2D eigenvalue weighted by molar-refractivity contribution is 0.346. The van der Waals surface area contributed by atoms with Gasteiger partial charge >= 0.3 is 0 Å². The van der Waals surface area contributed by atoms with Crippen molar-refractivity contribution >= 4 is 11.4 Å². The first-order chi connectivity index (χ1) is 9.65. The Bertz CT molecular complexity index is 605. The van der Waals surface area contributed by atoms with E-state index < -0.39 is 0 Å². The second-order valence-electron chi connectivity index (χ2n) is 5.70. The summed E-state index contributed by atoms with van der Waals surface area (Å²) in [6.45, 7) is 3.16. The van der Waals surface area contributed by atoms with Crippen molar-refractivity contribution in [3.63, 3.8) is 0 Å². The van der Waals surface area contributed by atoms with E-state index in [4.69, 9.17) is 11.5 Å².